The third kappa shape index (κ3) is 38.9. The van der Waals surface area contributed by atoms with Crippen LogP contribution in [-0.2, 0) is 27.9 Å². The minimum atomic E-state index is -4.51. The largest absolute Gasteiger partial charge is 0.472 e. The van der Waals surface area contributed by atoms with E-state index in [4.69, 9.17) is 23.6 Å². The van der Waals surface area contributed by atoms with Crippen LogP contribution in [0, 0.1) is 0 Å². The topological polar surface area (TPSA) is 132 Å². The van der Waals surface area contributed by atoms with E-state index in [1.165, 1.54) is 148 Å². The van der Waals surface area contributed by atoms with E-state index in [1.807, 2.05) is 0 Å². The molecule has 0 bridgehead atoms. The molecule has 0 heterocycles. The molecule has 3 atom stereocenters. The van der Waals surface area contributed by atoms with E-state index in [9.17, 15) is 19.4 Å². The molecule has 3 N–H and O–H groups in total. The summed E-state index contributed by atoms with van der Waals surface area (Å²) in [6.45, 7) is 3.54. The third-order valence-corrected chi connectivity index (χ3v) is 10.4. The number of hydrogen-bond acceptors (Lipinski definition) is 8. The van der Waals surface area contributed by atoms with Crippen LogP contribution < -0.4 is 0 Å². The van der Waals surface area contributed by atoms with E-state index in [2.05, 4.69) is 26.0 Å². The molecule has 0 spiro atoms. The van der Waals surface area contributed by atoms with Gasteiger partial charge in [0.1, 0.15) is 12.2 Å². The molecule has 0 fully saturated rings. The highest BCUT2D eigenvalue weighted by molar-refractivity contribution is 7.47. The predicted octanol–water partition coefficient (Wildman–Crippen LogP) is 11.7. The van der Waals surface area contributed by atoms with Crippen molar-refractivity contribution in [3.05, 3.63) is 12.2 Å². The Morgan fingerprint density at radius 1 is 0.577 bits per heavy atom. The van der Waals surface area contributed by atoms with E-state index in [0.29, 0.717) is 6.61 Å². The molecule has 3 unspecified atom stereocenters. The Morgan fingerprint density at radius 2 is 0.981 bits per heavy atom. The molecule has 0 aliphatic heterocycles. The zero-order valence-corrected chi connectivity index (χ0v) is 34.7. The van der Waals surface area contributed by atoms with Crippen LogP contribution in [0.25, 0.3) is 0 Å². The lowest BCUT2D eigenvalue weighted by Crippen LogP contribution is -2.29. The number of aliphatic hydroxyl groups is 2. The van der Waals surface area contributed by atoms with Crippen LogP contribution in [0.4, 0.5) is 0 Å². The summed E-state index contributed by atoms with van der Waals surface area (Å²) >= 11 is 0. The quantitative estimate of drug-likeness (QED) is 0.0241. The second-order valence-corrected chi connectivity index (χ2v) is 16.2. The number of carbonyl (C=O) groups is 1. The highest BCUT2D eigenvalue weighted by Gasteiger charge is 2.26. The van der Waals surface area contributed by atoms with E-state index in [1.54, 1.807) is 0 Å². The Morgan fingerprint density at radius 3 is 1.44 bits per heavy atom. The standard InChI is InChI=1S/C42H83O9P/c1-3-5-7-9-11-13-15-17-18-19-20-21-22-24-26-28-30-32-34-42(45)51-41(39-50-52(46,47)49-37-40(44)36-43)38-48-35-33-31-29-27-25-23-16-14-12-10-8-6-4-2/h18-19,40-41,43-44H,3-17,20-39H2,1-2H3,(H,46,47)/b19-18-. The summed E-state index contributed by atoms with van der Waals surface area (Å²) < 4.78 is 33.3. The van der Waals surface area contributed by atoms with Crippen molar-refractivity contribution in [3.63, 3.8) is 0 Å². The van der Waals surface area contributed by atoms with Crippen molar-refractivity contribution in [1.82, 2.24) is 0 Å². The Kier molecular flexibility index (Phi) is 39.3. The molecule has 0 aromatic carbocycles. The monoisotopic (exact) mass is 763 g/mol. The molecular weight excluding hydrogens is 679 g/mol. The summed E-state index contributed by atoms with van der Waals surface area (Å²) in [6, 6.07) is 0. The van der Waals surface area contributed by atoms with Crippen LogP contribution in [0.1, 0.15) is 206 Å². The number of unbranched alkanes of at least 4 members (excludes halogenated alkanes) is 26. The average molecular weight is 763 g/mol. The molecule has 0 saturated carbocycles. The van der Waals surface area contributed by atoms with Gasteiger partial charge in [0.15, 0.2) is 0 Å². The van der Waals surface area contributed by atoms with Gasteiger partial charge < -0.3 is 24.6 Å². The number of aliphatic hydroxyl groups excluding tert-OH is 2. The Balaban J connectivity index is 4.14. The highest BCUT2D eigenvalue weighted by atomic mass is 31.2. The van der Waals surface area contributed by atoms with Gasteiger partial charge in [-0.15, -0.1) is 0 Å². The zero-order valence-electron chi connectivity index (χ0n) is 33.8. The highest BCUT2D eigenvalue weighted by Crippen LogP contribution is 2.43. The lowest BCUT2D eigenvalue weighted by atomic mass is 10.0. The van der Waals surface area contributed by atoms with Gasteiger partial charge in [-0.25, -0.2) is 4.57 Å². The lowest BCUT2D eigenvalue weighted by Gasteiger charge is -2.20. The number of rotatable bonds is 42. The van der Waals surface area contributed by atoms with Crippen molar-refractivity contribution in [1.29, 1.82) is 0 Å². The van der Waals surface area contributed by atoms with E-state index >= 15 is 0 Å². The van der Waals surface area contributed by atoms with Crippen molar-refractivity contribution in [2.45, 2.75) is 219 Å². The molecule has 0 saturated heterocycles. The van der Waals surface area contributed by atoms with Gasteiger partial charge in [0, 0.05) is 13.0 Å². The van der Waals surface area contributed by atoms with Crippen molar-refractivity contribution >= 4 is 13.8 Å². The van der Waals surface area contributed by atoms with E-state index in [0.717, 1.165) is 38.5 Å². The first-order valence-corrected chi connectivity index (χ1v) is 23.2. The van der Waals surface area contributed by atoms with Crippen LogP contribution in [-0.4, -0.2) is 66.3 Å². The maximum Gasteiger partial charge on any atom is 0.472 e. The number of allylic oxidation sites excluding steroid dienone is 2. The van der Waals surface area contributed by atoms with Crippen LogP contribution >= 0.6 is 7.82 Å². The maximum absolute atomic E-state index is 12.6. The van der Waals surface area contributed by atoms with Gasteiger partial charge in [0.25, 0.3) is 0 Å². The molecule has 0 aliphatic carbocycles. The molecule has 0 aromatic rings. The van der Waals surface area contributed by atoms with Crippen molar-refractivity contribution in [3.8, 4) is 0 Å². The first-order chi connectivity index (χ1) is 25.3. The Bertz CT molecular complexity index is 825. The molecule has 0 rings (SSSR count). The molecule has 310 valence electrons. The van der Waals surface area contributed by atoms with Crippen molar-refractivity contribution in [2.24, 2.45) is 0 Å². The van der Waals surface area contributed by atoms with Gasteiger partial charge in [-0.2, -0.15) is 0 Å². The first-order valence-electron chi connectivity index (χ1n) is 21.7. The van der Waals surface area contributed by atoms with Crippen molar-refractivity contribution < 1.29 is 43.0 Å². The molecule has 0 aliphatic rings. The molecule has 0 radical (unpaired) electrons. The smallest absolute Gasteiger partial charge is 0.457 e. The predicted molar refractivity (Wildman–Crippen MR) is 215 cm³/mol. The van der Waals surface area contributed by atoms with Crippen LogP contribution in [0.2, 0.25) is 0 Å². The zero-order chi connectivity index (χ0) is 38.2. The Hall–Kier alpha value is -0.800. The minimum Gasteiger partial charge on any atom is -0.457 e. The lowest BCUT2D eigenvalue weighted by molar-refractivity contribution is -0.154. The summed E-state index contributed by atoms with van der Waals surface area (Å²) in [6.07, 6.45) is 38.8. The molecule has 0 amide bonds. The fourth-order valence-electron chi connectivity index (χ4n) is 6.12. The molecule has 10 heteroatoms. The number of ether oxygens (including phenoxy) is 2. The molecular formula is C42H83O9P. The molecule has 9 nitrogen and oxygen atoms in total. The fourth-order valence-corrected chi connectivity index (χ4v) is 6.91. The fraction of sp³-hybridized carbons (Fsp3) is 0.929. The van der Waals surface area contributed by atoms with Crippen LogP contribution in [0.15, 0.2) is 12.2 Å². The number of esters is 1. The number of carbonyl (C=O) groups excluding carboxylic acids is 1. The normalized spacial score (nSPS) is 14.2. The van der Waals surface area contributed by atoms with Gasteiger partial charge in [0.2, 0.25) is 0 Å². The maximum atomic E-state index is 12.6. The number of phosphoric acid groups is 1. The van der Waals surface area contributed by atoms with Crippen molar-refractivity contribution in [2.75, 3.05) is 33.0 Å². The summed E-state index contributed by atoms with van der Waals surface area (Å²) in [4.78, 5) is 22.6. The second kappa shape index (κ2) is 39.9. The number of hydrogen-bond donors (Lipinski definition) is 3. The summed E-state index contributed by atoms with van der Waals surface area (Å²) in [5.41, 5.74) is 0. The van der Waals surface area contributed by atoms with Crippen LogP contribution in [0.5, 0.6) is 0 Å². The number of phosphoric ester groups is 1. The van der Waals surface area contributed by atoms with Crippen LogP contribution in [0.3, 0.4) is 0 Å². The minimum absolute atomic E-state index is 0.0531. The van der Waals surface area contributed by atoms with Gasteiger partial charge in [-0.05, 0) is 38.5 Å². The first kappa shape index (κ1) is 51.2. The Labute approximate surface area is 320 Å². The SMILES string of the molecule is CCCCCCCCC/C=C\CCCCCCCCCC(=O)OC(COCCCCCCCCCCCCCCC)COP(=O)(O)OCC(O)CO. The van der Waals surface area contributed by atoms with Gasteiger partial charge in [-0.1, -0.05) is 174 Å². The average Bonchev–Trinajstić information content (AvgIpc) is 3.13. The second-order valence-electron chi connectivity index (χ2n) is 14.7. The van der Waals surface area contributed by atoms with Gasteiger partial charge in [-0.3, -0.25) is 13.8 Å². The molecule has 0 aromatic heterocycles. The third-order valence-electron chi connectivity index (χ3n) is 9.45. The van der Waals surface area contributed by atoms with Gasteiger partial charge >= 0.3 is 13.8 Å². The van der Waals surface area contributed by atoms with E-state index < -0.39 is 33.2 Å². The summed E-state index contributed by atoms with van der Waals surface area (Å²) in [5, 5.41) is 18.3. The summed E-state index contributed by atoms with van der Waals surface area (Å²) in [7, 11) is -4.51. The van der Waals surface area contributed by atoms with Gasteiger partial charge in [0.05, 0.1) is 26.4 Å². The summed E-state index contributed by atoms with van der Waals surface area (Å²) in [5.74, 6) is -0.383. The van der Waals surface area contributed by atoms with E-state index in [-0.39, 0.29) is 25.6 Å². The molecule has 52 heavy (non-hydrogen) atoms.